The van der Waals surface area contributed by atoms with Gasteiger partial charge < -0.3 is 5.32 Å². The van der Waals surface area contributed by atoms with E-state index in [4.69, 9.17) is 0 Å². The van der Waals surface area contributed by atoms with Gasteiger partial charge >= 0.3 is 6.18 Å². The number of alkyl halides is 3. The van der Waals surface area contributed by atoms with Crippen molar-refractivity contribution in [2.75, 3.05) is 13.6 Å². The van der Waals surface area contributed by atoms with Crippen molar-refractivity contribution >= 4 is 5.91 Å². The van der Waals surface area contributed by atoms with Gasteiger partial charge in [-0.15, -0.1) is 0 Å². The normalized spacial score (nSPS) is 24.4. The van der Waals surface area contributed by atoms with Crippen LogP contribution in [-0.2, 0) is 17.5 Å². The Kier molecular flexibility index (Phi) is 6.49. The van der Waals surface area contributed by atoms with Gasteiger partial charge in [0.1, 0.15) is 0 Å². The minimum absolute atomic E-state index is 0.0274. The molecule has 1 N–H and O–H groups in total. The minimum atomic E-state index is -4.32. The third-order valence-corrected chi connectivity index (χ3v) is 5.20. The number of carbonyl (C=O) groups excluding carboxylic acids is 1. The van der Waals surface area contributed by atoms with E-state index in [0.29, 0.717) is 18.4 Å². The number of nitrogens with one attached hydrogen (secondary N) is 1. The second-order valence-electron chi connectivity index (χ2n) is 7.31. The summed E-state index contributed by atoms with van der Waals surface area (Å²) in [4.78, 5) is 14.1. The molecule has 1 aliphatic carbocycles. The Morgan fingerprint density at radius 2 is 1.84 bits per heavy atom. The predicted molar refractivity (Wildman–Crippen MR) is 91.9 cm³/mol. The average molecular weight is 356 g/mol. The van der Waals surface area contributed by atoms with Crippen molar-refractivity contribution in [1.29, 1.82) is 0 Å². The lowest BCUT2D eigenvalue weighted by molar-refractivity contribution is -0.137. The molecule has 0 saturated heterocycles. The monoisotopic (exact) mass is 356 g/mol. The van der Waals surface area contributed by atoms with Gasteiger partial charge in [0.25, 0.3) is 0 Å². The molecule has 1 fully saturated rings. The van der Waals surface area contributed by atoms with E-state index in [0.717, 1.165) is 30.5 Å². The third-order valence-electron chi connectivity index (χ3n) is 5.20. The molecule has 1 amide bonds. The van der Waals surface area contributed by atoms with Crippen molar-refractivity contribution in [3.63, 3.8) is 0 Å². The first-order valence-corrected chi connectivity index (χ1v) is 8.81. The molecule has 0 aromatic heterocycles. The molecule has 0 heterocycles. The zero-order valence-electron chi connectivity index (χ0n) is 15.1. The van der Waals surface area contributed by atoms with Gasteiger partial charge in [-0.2, -0.15) is 13.2 Å². The maximum Gasteiger partial charge on any atom is 0.416 e. The van der Waals surface area contributed by atoms with Crippen LogP contribution in [0.5, 0.6) is 0 Å². The standard InChI is InChI=1S/C19H27F3N2O/c1-13-5-4-6-17(14(13)2)23-18(25)12-24(3)11-15-7-9-16(10-8-15)19(20,21)22/h7-10,13-14,17H,4-6,11-12H2,1-3H3,(H,23,25). The van der Waals surface area contributed by atoms with Crippen LogP contribution in [0.2, 0.25) is 0 Å². The predicted octanol–water partition coefficient (Wildman–Crippen LogP) is 4.08. The Hall–Kier alpha value is -1.56. The third kappa shape index (κ3) is 5.73. The van der Waals surface area contributed by atoms with E-state index in [2.05, 4.69) is 19.2 Å². The van der Waals surface area contributed by atoms with Crippen LogP contribution in [-0.4, -0.2) is 30.4 Å². The van der Waals surface area contributed by atoms with Gasteiger partial charge in [-0.05, 0) is 43.0 Å². The van der Waals surface area contributed by atoms with E-state index in [1.54, 1.807) is 7.05 Å². The Labute approximate surface area is 147 Å². The summed E-state index contributed by atoms with van der Waals surface area (Å²) < 4.78 is 37.7. The minimum Gasteiger partial charge on any atom is -0.352 e. The smallest absolute Gasteiger partial charge is 0.352 e. The molecule has 1 saturated carbocycles. The van der Waals surface area contributed by atoms with Crippen molar-refractivity contribution in [2.45, 2.75) is 51.9 Å². The molecule has 0 radical (unpaired) electrons. The lowest BCUT2D eigenvalue weighted by Crippen LogP contribution is -2.46. The number of carbonyl (C=O) groups is 1. The molecule has 1 aliphatic rings. The molecule has 3 nitrogen and oxygen atoms in total. The van der Waals surface area contributed by atoms with Gasteiger partial charge in [0.05, 0.1) is 12.1 Å². The molecule has 6 heteroatoms. The molecule has 3 atom stereocenters. The van der Waals surface area contributed by atoms with E-state index >= 15 is 0 Å². The highest BCUT2D eigenvalue weighted by Crippen LogP contribution is 2.30. The van der Waals surface area contributed by atoms with E-state index < -0.39 is 11.7 Å². The second-order valence-corrected chi connectivity index (χ2v) is 7.31. The summed E-state index contributed by atoms with van der Waals surface area (Å²) in [6.45, 7) is 5.07. The molecule has 25 heavy (non-hydrogen) atoms. The van der Waals surface area contributed by atoms with Gasteiger partial charge in [0.15, 0.2) is 0 Å². The van der Waals surface area contributed by atoms with Crippen LogP contribution in [0, 0.1) is 11.8 Å². The topological polar surface area (TPSA) is 32.3 Å². The molecule has 1 aromatic carbocycles. The maximum absolute atomic E-state index is 12.6. The number of likely N-dealkylation sites (N-methyl/N-ethyl adjacent to an activating group) is 1. The summed E-state index contributed by atoms with van der Waals surface area (Å²) in [5, 5.41) is 3.12. The van der Waals surface area contributed by atoms with Crippen molar-refractivity contribution in [3.05, 3.63) is 35.4 Å². The first-order chi connectivity index (χ1) is 11.7. The number of hydrogen-bond acceptors (Lipinski definition) is 2. The summed E-state index contributed by atoms with van der Waals surface area (Å²) in [7, 11) is 1.80. The summed E-state index contributed by atoms with van der Waals surface area (Å²) in [6.07, 6.45) is -0.961. The lowest BCUT2D eigenvalue weighted by atomic mass is 9.78. The van der Waals surface area contributed by atoms with Gasteiger partial charge in [-0.25, -0.2) is 0 Å². The quantitative estimate of drug-likeness (QED) is 0.862. The van der Waals surface area contributed by atoms with Crippen molar-refractivity contribution < 1.29 is 18.0 Å². The second kappa shape index (κ2) is 8.21. The fraction of sp³-hybridized carbons (Fsp3) is 0.632. The fourth-order valence-electron chi connectivity index (χ4n) is 3.45. The van der Waals surface area contributed by atoms with E-state index in [1.165, 1.54) is 18.6 Å². The molecular weight excluding hydrogens is 329 g/mol. The molecule has 140 valence electrons. The molecule has 0 bridgehead atoms. The van der Waals surface area contributed by atoms with Crippen molar-refractivity contribution in [1.82, 2.24) is 10.2 Å². The van der Waals surface area contributed by atoms with Crippen LogP contribution in [0.25, 0.3) is 0 Å². The number of nitrogens with zero attached hydrogens (tertiary/aromatic N) is 1. The number of halogens is 3. The van der Waals surface area contributed by atoms with E-state index in [9.17, 15) is 18.0 Å². The van der Waals surface area contributed by atoms with Crippen LogP contribution in [0.1, 0.15) is 44.2 Å². The van der Waals surface area contributed by atoms with Crippen LogP contribution < -0.4 is 5.32 Å². The zero-order chi connectivity index (χ0) is 18.6. The fourth-order valence-corrected chi connectivity index (χ4v) is 3.45. The molecular formula is C19H27F3N2O. The first-order valence-electron chi connectivity index (χ1n) is 8.81. The summed E-state index contributed by atoms with van der Waals surface area (Å²) in [5.41, 5.74) is 0.0972. The number of hydrogen-bond donors (Lipinski definition) is 1. The Morgan fingerprint density at radius 1 is 1.20 bits per heavy atom. The Morgan fingerprint density at radius 3 is 2.44 bits per heavy atom. The molecule has 1 aromatic rings. The van der Waals surface area contributed by atoms with Crippen LogP contribution >= 0.6 is 0 Å². The van der Waals surface area contributed by atoms with Crippen LogP contribution in [0.15, 0.2) is 24.3 Å². The summed E-state index contributed by atoms with van der Waals surface area (Å²) in [5.74, 6) is 1.06. The highest BCUT2D eigenvalue weighted by Gasteiger charge is 2.30. The first kappa shape index (κ1) is 19.8. The molecule has 0 aliphatic heterocycles. The van der Waals surface area contributed by atoms with Crippen molar-refractivity contribution in [3.8, 4) is 0 Å². The summed E-state index contributed by atoms with van der Waals surface area (Å²) in [6, 6.07) is 5.29. The number of amides is 1. The van der Waals surface area contributed by atoms with Crippen LogP contribution in [0.3, 0.4) is 0 Å². The summed E-state index contributed by atoms with van der Waals surface area (Å²) >= 11 is 0. The molecule has 2 rings (SSSR count). The Bertz CT molecular complexity index is 571. The van der Waals surface area contributed by atoms with Gasteiger partial charge in [0.2, 0.25) is 5.91 Å². The highest BCUT2D eigenvalue weighted by atomic mass is 19.4. The molecule has 0 spiro atoms. The average Bonchev–Trinajstić information content (AvgIpc) is 2.51. The number of benzene rings is 1. The number of rotatable bonds is 5. The van der Waals surface area contributed by atoms with E-state index in [-0.39, 0.29) is 18.5 Å². The maximum atomic E-state index is 12.6. The zero-order valence-corrected chi connectivity index (χ0v) is 15.1. The Balaban J connectivity index is 1.83. The van der Waals surface area contributed by atoms with Gasteiger partial charge in [-0.1, -0.05) is 38.8 Å². The largest absolute Gasteiger partial charge is 0.416 e. The van der Waals surface area contributed by atoms with Crippen molar-refractivity contribution in [2.24, 2.45) is 11.8 Å². The van der Waals surface area contributed by atoms with Crippen LogP contribution in [0.4, 0.5) is 13.2 Å². The highest BCUT2D eigenvalue weighted by molar-refractivity contribution is 5.78. The van der Waals surface area contributed by atoms with E-state index in [1.807, 2.05) is 4.90 Å². The van der Waals surface area contributed by atoms with Gasteiger partial charge in [0, 0.05) is 12.6 Å². The molecule has 3 unspecified atom stereocenters. The SMILES string of the molecule is CC1CCCC(NC(=O)CN(C)Cc2ccc(C(F)(F)F)cc2)C1C. The van der Waals surface area contributed by atoms with Gasteiger partial charge in [-0.3, -0.25) is 9.69 Å². The lowest BCUT2D eigenvalue weighted by Gasteiger charge is -2.35.